The molecule has 1 aromatic heterocycles. The molecule has 0 atom stereocenters. The minimum absolute atomic E-state index is 0.791. The Hall–Kier alpha value is -0.670. The van der Waals surface area contributed by atoms with Crippen molar-refractivity contribution >= 4 is 43.6 Å². The summed E-state index contributed by atoms with van der Waals surface area (Å²) in [5.41, 5.74) is 1.93. The lowest BCUT2D eigenvalue weighted by molar-refractivity contribution is 0.112. The lowest BCUT2D eigenvalue weighted by atomic mass is 10.1. The van der Waals surface area contributed by atoms with Crippen LogP contribution in [0.15, 0.2) is 22.0 Å². The van der Waals surface area contributed by atoms with E-state index in [-0.39, 0.29) is 0 Å². The summed E-state index contributed by atoms with van der Waals surface area (Å²) in [4.78, 5) is 10.7. The van der Waals surface area contributed by atoms with Crippen LogP contribution in [0, 0.1) is 6.92 Å². The van der Waals surface area contributed by atoms with Gasteiger partial charge in [-0.05, 0) is 24.6 Å². The molecule has 0 bridgehead atoms. The van der Waals surface area contributed by atoms with Crippen LogP contribution < -0.4 is 0 Å². The van der Waals surface area contributed by atoms with E-state index in [1.807, 2.05) is 24.4 Å². The Morgan fingerprint density at radius 2 is 2.23 bits per heavy atom. The molecule has 66 valence electrons. The zero-order chi connectivity index (χ0) is 9.42. The second-order valence-electron chi connectivity index (χ2n) is 2.85. The van der Waals surface area contributed by atoms with Crippen molar-refractivity contribution < 1.29 is 4.79 Å². The van der Waals surface area contributed by atoms with E-state index in [0.717, 1.165) is 27.3 Å². The van der Waals surface area contributed by atoms with E-state index in [1.165, 1.54) is 4.70 Å². The molecule has 0 aliphatic carbocycles. The minimum atomic E-state index is 0.791. The summed E-state index contributed by atoms with van der Waals surface area (Å²) in [7, 11) is 0. The normalized spacial score (nSPS) is 10.6. The van der Waals surface area contributed by atoms with Crippen molar-refractivity contribution in [1.29, 1.82) is 0 Å². The number of halogens is 1. The lowest BCUT2D eigenvalue weighted by Gasteiger charge is -1.99. The largest absolute Gasteiger partial charge is 0.298 e. The number of carbonyl (C=O) groups is 1. The molecule has 1 aromatic carbocycles. The molecule has 0 N–H and O–H groups in total. The van der Waals surface area contributed by atoms with E-state index in [1.54, 1.807) is 11.3 Å². The third kappa shape index (κ3) is 1.32. The van der Waals surface area contributed by atoms with Crippen LogP contribution in [0.3, 0.4) is 0 Å². The molecule has 13 heavy (non-hydrogen) atoms. The maximum atomic E-state index is 10.7. The summed E-state index contributed by atoms with van der Waals surface area (Å²) in [6.45, 7) is 2.02. The molecule has 0 unspecified atom stereocenters. The van der Waals surface area contributed by atoms with Gasteiger partial charge in [-0.2, -0.15) is 0 Å². The van der Waals surface area contributed by atoms with Gasteiger partial charge in [-0.3, -0.25) is 4.79 Å². The third-order valence-electron chi connectivity index (χ3n) is 2.09. The summed E-state index contributed by atoms with van der Waals surface area (Å²) in [5.74, 6) is 0. The van der Waals surface area contributed by atoms with Gasteiger partial charge < -0.3 is 0 Å². The van der Waals surface area contributed by atoms with Crippen LogP contribution in [-0.4, -0.2) is 6.29 Å². The summed E-state index contributed by atoms with van der Waals surface area (Å²) in [6, 6.07) is 4.05. The summed E-state index contributed by atoms with van der Waals surface area (Å²) >= 11 is 5.06. The summed E-state index contributed by atoms with van der Waals surface area (Å²) in [5, 5.41) is 2.98. The monoisotopic (exact) mass is 254 g/mol. The molecule has 2 rings (SSSR count). The smallest absolute Gasteiger partial charge is 0.151 e. The van der Waals surface area contributed by atoms with Gasteiger partial charge in [0, 0.05) is 25.5 Å². The first kappa shape index (κ1) is 8.91. The molecule has 3 heteroatoms. The van der Waals surface area contributed by atoms with Crippen LogP contribution in [0.2, 0.25) is 0 Å². The molecule has 1 nitrogen and oxygen atoms in total. The average Bonchev–Trinajstić information content (AvgIpc) is 2.55. The lowest BCUT2D eigenvalue weighted by Crippen LogP contribution is -1.81. The quantitative estimate of drug-likeness (QED) is 0.708. The van der Waals surface area contributed by atoms with Gasteiger partial charge in [0.25, 0.3) is 0 Å². The highest BCUT2D eigenvalue weighted by atomic mass is 79.9. The Morgan fingerprint density at radius 3 is 2.92 bits per heavy atom. The van der Waals surface area contributed by atoms with Gasteiger partial charge in [0.1, 0.15) is 0 Å². The highest BCUT2D eigenvalue weighted by Crippen LogP contribution is 2.31. The van der Waals surface area contributed by atoms with Crippen LogP contribution in [0.5, 0.6) is 0 Å². The fourth-order valence-electron chi connectivity index (χ4n) is 1.39. The van der Waals surface area contributed by atoms with Crippen LogP contribution in [-0.2, 0) is 0 Å². The Kier molecular flexibility index (Phi) is 2.22. The van der Waals surface area contributed by atoms with Gasteiger partial charge in [-0.25, -0.2) is 0 Å². The van der Waals surface area contributed by atoms with Crippen molar-refractivity contribution in [3.05, 3.63) is 33.1 Å². The number of benzene rings is 1. The van der Waals surface area contributed by atoms with Gasteiger partial charge in [0.05, 0.1) is 0 Å². The maximum Gasteiger partial charge on any atom is 0.151 e. The Morgan fingerprint density at radius 1 is 1.46 bits per heavy atom. The maximum absolute atomic E-state index is 10.7. The first-order valence-electron chi connectivity index (χ1n) is 3.85. The molecular weight excluding hydrogens is 248 g/mol. The molecule has 0 spiro atoms. The van der Waals surface area contributed by atoms with E-state index in [0.29, 0.717) is 0 Å². The third-order valence-corrected chi connectivity index (χ3v) is 3.91. The van der Waals surface area contributed by atoms with E-state index >= 15 is 0 Å². The number of fused-ring (bicyclic) bond motifs is 1. The molecular formula is C10H7BrOS. The highest BCUT2D eigenvalue weighted by molar-refractivity contribution is 9.10. The van der Waals surface area contributed by atoms with Gasteiger partial charge in [-0.15, -0.1) is 11.3 Å². The predicted molar refractivity (Wildman–Crippen MR) is 59.6 cm³/mol. The number of thiophene rings is 1. The summed E-state index contributed by atoms with van der Waals surface area (Å²) in [6.07, 6.45) is 0.915. The molecule has 0 aliphatic rings. The number of rotatable bonds is 1. The van der Waals surface area contributed by atoms with E-state index in [2.05, 4.69) is 15.9 Å². The molecule has 0 radical (unpaired) electrons. The van der Waals surface area contributed by atoms with Crippen LogP contribution in [0.4, 0.5) is 0 Å². The van der Waals surface area contributed by atoms with Crippen LogP contribution >= 0.6 is 27.3 Å². The van der Waals surface area contributed by atoms with Crippen LogP contribution in [0.1, 0.15) is 15.9 Å². The standard InChI is InChI=1S/C10H7BrOS/c1-6-8(11)2-3-9-10(6)7(4-12)5-13-9/h2-5H,1H3. The zero-order valence-corrected chi connectivity index (χ0v) is 9.41. The van der Waals surface area contributed by atoms with Crippen molar-refractivity contribution in [2.45, 2.75) is 6.92 Å². The Bertz CT molecular complexity index is 473. The number of hydrogen-bond donors (Lipinski definition) is 0. The number of carbonyl (C=O) groups excluding carboxylic acids is 1. The Balaban J connectivity index is 2.93. The fraction of sp³-hybridized carbons (Fsp3) is 0.100. The molecule has 0 amide bonds. The summed E-state index contributed by atoms with van der Waals surface area (Å²) < 4.78 is 2.23. The van der Waals surface area contributed by atoms with E-state index in [9.17, 15) is 4.79 Å². The molecule has 1 heterocycles. The molecule has 2 aromatic rings. The average molecular weight is 255 g/mol. The minimum Gasteiger partial charge on any atom is -0.298 e. The zero-order valence-electron chi connectivity index (χ0n) is 7.00. The fourth-order valence-corrected chi connectivity index (χ4v) is 2.68. The molecule has 0 saturated heterocycles. The van der Waals surface area contributed by atoms with Crippen LogP contribution in [0.25, 0.3) is 10.1 Å². The van der Waals surface area contributed by atoms with Crippen molar-refractivity contribution in [2.75, 3.05) is 0 Å². The van der Waals surface area contributed by atoms with Gasteiger partial charge >= 0.3 is 0 Å². The predicted octanol–water partition coefficient (Wildman–Crippen LogP) is 3.78. The van der Waals surface area contributed by atoms with E-state index < -0.39 is 0 Å². The van der Waals surface area contributed by atoms with Gasteiger partial charge in [-0.1, -0.05) is 15.9 Å². The first-order valence-corrected chi connectivity index (χ1v) is 5.53. The SMILES string of the molecule is Cc1c(Br)ccc2scc(C=O)c12. The number of aryl methyl sites for hydroxylation is 1. The van der Waals surface area contributed by atoms with Crippen molar-refractivity contribution in [1.82, 2.24) is 0 Å². The van der Waals surface area contributed by atoms with Crippen molar-refractivity contribution in [2.24, 2.45) is 0 Å². The first-order chi connectivity index (χ1) is 6.24. The molecule has 0 fully saturated rings. The number of hydrogen-bond acceptors (Lipinski definition) is 2. The van der Waals surface area contributed by atoms with Crippen molar-refractivity contribution in [3.8, 4) is 0 Å². The van der Waals surface area contributed by atoms with Gasteiger partial charge in [0.15, 0.2) is 6.29 Å². The topological polar surface area (TPSA) is 17.1 Å². The second-order valence-corrected chi connectivity index (χ2v) is 4.62. The molecule has 0 aliphatic heterocycles. The van der Waals surface area contributed by atoms with E-state index in [4.69, 9.17) is 0 Å². The van der Waals surface area contributed by atoms with Gasteiger partial charge in [0.2, 0.25) is 0 Å². The molecule has 0 saturated carbocycles. The number of aldehydes is 1. The highest BCUT2D eigenvalue weighted by Gasteiger charge is 2.07. The second kappa shape index (κ2) is 3.24. The Labute approximate surface area is 88.5 Å². The van der Waals surface area contributed by atoms with Crippen molar-refractivity contribution in [3.63, 3.8) is 0 Å².